The molecule has 3 N–H and O–H groups in total. The molecule has 0 fully saturated rings. The van der Waals surface area contributed by atoms with Gasteiger partial charge in [0.25, 0.3) is 5.56 Å². The molecule has 174 valence electrons. The lowest BCUT2D eigenvalue weighted by molar-refractivity contribution is -0.116. The first-order valence-corrected chi connectivity index (χ1v) is 11.8. The van der Waals surface area contributed by atoms with Crippen molar-refractivity contribution >= 4 is 29.2 Å². The van der Waals surface area contributed by atoms with Crippen LogP contribution >= 0.6 is 11.8 Å². The number of aromatic nitrogens is 2. The number of hydrogen-bond acceptors (Lipinski definition) is 5. The van der Waals surface area contributed by atoms with E-state index in [0.29, 0.717) is 6.54 Å². The van der Waals surface area contributed by atoms with Gasteiger partial charge in [-0.05, 0) is 37.0 Å². The molecule has 0 spiro atoms. The molecule has 1 aromatic heterocycles. The van der Waals surface area contributed by atoms with E-state index < -0.39 is 11.2 Å². The zero-order valence-electron chi connectivity index (χ0n) is 19.4. The molecular weight excluding hydrogens is 436 g/mol. The van der Waals surface area contributed by atoms with Crippen molar-refractivity contribution in [1.29, 1.82) is 0 Å². The van der Waals surface area contributed by atoms with E-state index >= 15 is 0 Å². The Morgan fingerprint density at radius 3 is 2.48 bits per heavy atom. The van der Waals surface area contributed by atoms with E-state index in [1.54, 1.807) is 0 Å². The second-order valence-electron chi connectivity index (χ2n) is 8.52. The normalized spacial score (nSPS) is 11.1. The van der Waals surface area contributed by atoms with Crippen molar-refractivity contribution in [2.45, 2.75) is 39.1 Å². The highest BCUT2D eigenvalue weighted by Crippen LogP contribution is 2.26. The number of nitrogens with two attached hydrogens (primary N) is 1. The third kappa shape index (κ3) is 5.96. The number of nitrogen functional groups attached to an aromatic ring is 1. The van der Waals surface area contributed by atoms with Crippen LogP contribution in [-0.2, 0) is 11.3 Å². The van der Waals surface area contributed by atoms with Crippen LogP contribution in [0, 0.1) is 19.8 Å². The average molecular weight is 467 g/mol. The van der Waals surface area contributed by atoms with Crippen molar-refractivity contribution in [3.63, 3.8) is 0 Å². The molecule has 8 heteroatoms. The van der Waals surface area contributed by atoms with Crippen LogP contribution in [0.15, 0.2) is 63.0 Å². The lowest BCUT2D eigenvalue weighted by Gasteiger charge is -2.26. The number of amides is 1. The first kappa shape index (κ1) is 24.4. The largest absolute Gasteiger partial charge is 0.383 e. The van der Waals surface area contributed by atoms with Crippen molar-refractivity contribution in [1.82, 2.24) is 9.55 Å². The van der Waals surface area contributed by atoms with E-state index in [2.05, 4.69) is 4.98 Å². The maximum absolute atomic E-state index is 13.3. The van der Waals surface area contributed by atoms with Crippen LogP contribution in [0.2, 0.25) is 0 Å². The van der Waals surface area contributed by atoms with Crippen molar-refractivity contribution in [3.05, 3.63) is 86.1 Å². The summed E-state index contributed by atoms with van der Waals surface area (Å²) in [5.74, 6) is -0.0173. The van der Waals surface area contributed by atoms with Gasteiger partial charge in [0.2, 0.25) is 5.91 Å². The third-order valence-electron chi connectivity index (χ3n) is 5.21. The van der Waals surface area contributed by atoms with Gasteiger partial charge in [0, 0.05) is 11.4 Å². The van der Waals surface area contributed by atoms with E-state index in [1.165, 1.54) is 21.2 Å². The molecule has 0 bridgehead atoms. The summed E-state index contributed by atoms with van der Waals surface area (Å²) in [5, 5.41) is 0. The van der Waals surface area contributed by atoms with Crippen LogP contribution in [-0.4, -0.2) is 27.8 Å². The summed E-state index contributed by atoms with van der Waals surface area (Å²) >= 11 is 1.43. The number of aryl methyl sites for hydroxylation is 2. The maximum Gasteiger partial charge on any atom is 0.330 e. The Morgan fingerprint density at radius 2 is 1.82 bits per heavy atom. The van der Waals surface area contributed by atoms with Crippen LogP contribution in [0.4, 0.5) is 11.5 Å². The van der Waals surface area contributed by atoms with Gasteiger partial charge in [-0.15, -0.1) is 11.8 Å². The van der Waals surface area contributed by atoms with Gasteiger partial charge in [-0.1, -0.05) is 61.9 Å². The molecule has 0 saturated carbocycles. The lowest BCUT2D eigenvalue weighted by Crippen LogP contribution is -2.43. The Morgan fingerprint density at radius 1 is 1.12 bits per heavy atom. The van der Waals surface area contributed by atoms with Gasteiger partial charge in [0.05, 0.1) is 12.3 Å². The molecule has 33 heavy (non-hydrogen) atoms. The fraction of sp³-hybridized carbons (Fsp3) is 0.320. The molecule has 0 atom stereocenters. The van der Waals surface area contributed by atoms with E-state index in [-0.39, 0.29) is 35.6 Å². The Bertz CT molecular complexity index is 1250. The quantitative estimate of drug-likeness (QED) is 0.494. The number of rotatable bonds is 8. The Labute approximate surface area is 197 Å². The zero-order chi connectivity index (χ0) is 24.1. The highest BCUT2D eigenvalue weighted by Gasteiger charge is 2.25. The molecule has 7 nitrogen and oxygen atoms in total. The second kappa shape index (κ2) is 10.6. The van der Waals surface area contributed by atoms with Gasteiger partial charge in [-0.25, -0.2) is 4.79 Å². The van der Waals surface area contributed by atoms with Crippen LogP contribution in [0.3, 0.4) is 0 Å². The van der Waals surface area contributed by atoms with Crippen molar-refractivity contribution in [2.24, 2.45) is 5.92 Å². The molecular formula is C25H30N4O3S. The number of aromatic amines is 1. The number of hydrogen-bond donors (Lipinski definition) is 2. The molecule has 3 aromatic rings. The third-order valence-corrected chi connectivity index (χ3v) is 6.35. The van der Waals surface area contributed by atoms with E-state index in [1.807, 2.05) is 76.2 Å². The SMILES string of the molecule is Cc1ccc(C)c(SCC(=O)N(CC(C)C)c2c(N)n(Cc3ccccc3)c(=O)[nH]c2=O)c1. The van der Waals surface area contributed by atoms with Crippen LogP contribution in [0.25, 0.3) is 0 Å². The number of carbonyl (C=O) groups is 1. The molecule has 0 saturated heterocycles. The molecule has 3 rings (SSSR count). The van der Waals surface area contributed by atoms with E-state index in [9.17, 15) is 14.4 Å². The minimum Gasteiger partial charge on any atom is -0.383 e. The first-order chi connectivity index (χ1) is 15.7. The predicted octanol–water partition coefficient (Wildman–Crippen LogP) is 3.57. The average Bonchev–Trinajstić information content (AvgIpc) is 2.76. The summed E-state index contributed by atoms with van der Waals surface area (Å²) in [6, 6.07) is 15.4. The molecule has 0 unspecified atom stereocenters. The minimum absolute atomic E-state index is 0.0154. The zero-order valence-corrected chi connectivity index (χ0v) is 20.2. The molecule has 0 radical (unpaired) electrons. The van der Waals surface area contributed by atoms with Crippen LogP contribution < -0.4 is 21.9 Å². The Kier molecular flexibility index (Phi) is 7.81. The summed E-state index contributed by atoms with van der Waals surface area (Å²) < 4.78 is 1.30. The van der Waals surface area contributed by atoms with Crippen molar-refractivity contribution in [3.8, 4) is 0 Å². The number of nitrogens with zero attached hydrogens (tertiary/aromatic N) is 2. The minimum atomic E-state index is -0.660. The smallest absolute Gasteiger partial charge is 0.330 e. The first-order valence-electron chi connectivity index (χ1n) is 10.8. The molecule has 2 aromatic carbocycles. The second-order valence-corrected chi connectivity index (χ2v) is 9.54. The molecule has 0 aliphatic carbocycles. The Hall–Kier alpha value is -3.26. The number of anilines is 2. The number of carbonyl (C=O) groups excluding carboxylic acids is 1. The molecule has 1 heterocycles. The van der Waals surface area contributed by atoms with Crippen LogP contribution in [0.1, 0.15) is 30.5 Å². The van der Waals surface area contributed by atoms with Crippen molar-refractivity contribution < 1.29 is 4.79 Å². The van der Waals surface area contributed by atoms with E-state index in [0.717, 1.165) is 21.6 Å². The topological polar surface area (TPSA) is 101 Å². The summed E-state index contributed by atoms with van der Waals surface area (Å²) in [7, 11) is 0. The summed E-state index contributed by atoms with van der Waals surface area (Å²) in [5.41, 5.74) is 8.15. The van der Waals surface area contributed by atoms with E-state index in [4.69, 9.17) is 5.73 Å². The highest BCUT2D eigenvalue weighted by molar-refractivity contribution is 8.00. The van der Waals surface area contributed by atoms with Gasteiger partial charge in [-0.3, -0.25) is 19.1 Å². The van der Waals surface area contributed by atoms with Gasteiger partial charge in [0.15, 0.2) is 5.69 Å². The maximum atomic E-state index is 13.3. The number of nitrogens with one attached hydrogen (secondary N) is 1. The standard InChI is InChI=1S/C25H30N4O3S/c1-16(2)13-28(21(30)15-33-20-12-17(3)10-11-18(20)4)22-23(26)29(25(32)27-24(22)31)14-19-8-6-5-7-9-19/h5-12,16H,13-15,26H2,1-4H3,(H,27,31,32). The fourth-order valence-corrected chi connectivity index (χ4v) is 4.52. The number of benzene rings is 2. The summed E-state index contributed by atoms with van der Waals surface area (Å²) in [4.78, 5) is 43.4. The van der Waals surface area contributed by atoms with Crippen LogP contribution in [0.5, 0.6) is 0 Å². The molecule has 1 amide bonds. The number of thioether (sulfide) groups is 1. The molecule has 0 aliphatic rings. The van der Waals surface area contributed by atoms with Gasteiger partial charge < -0.3 is 10.6 Å². The predicted molar refractivity (Wildman–Crippen MR) is 135 cm³/mol. The van der Waals surface area contributed by atoms with Gasteiger partial charge in [-0.2, -0.15) is 0 Å². The fourth-order valence-electron chi connectivity index (χ4n) is 3.52. The van der Waals surface area contributed by atoms with Gasteiger partial charge >= 0.3 is 5.69 Å². The highest BCUT2D eigenvalue weighted by atomic mass is 32.2. The Balaban J connectivity index is 1.96. The van der Waals surface area contributed by atoms with Crippen molar-refractivity contribution in [2.75, 3.05) is 22.9 Å². The molecule has 0 aliphatic heterocycles. The monoisotopic (exact) mass is 466 g/mol. The lowest BCUT2D eigenvalue weighted by atomic mass is 10.2. The summed E-state index contributed by atoms with van der Waals surface area (Å²) in [6.07, 6.45) is 0. The summed E-state index contributed by atoms with van der Waals surface area (Å²) in [6.45, 7) is 8.43. The number of H-pyrrole nitrogens is 1. The van der Waals surface area contributed by atoms with Gasteiger partial charge in [0.1, 0.15) is 5.82 Å².